The maximum Gasteiger partial charge on any atom is 0.148 e. The number of halogens is 2. The van der Waals surface area contributed by atoms with Gasteiger partial charge in [0.25, 0.3) is 0 Å². The van der Waals surface area contributed by atoms with Crippen LogP contribution in [0.3, 0.4) is 0 Å². The Hall–Kier alpha value is -3.44. The molecule has 1 aromatic heterocycles. The summed E-state index contributed by atoms with van der Waals surface area (Å²) in [6.45, 7) is 0. The SMILES string of the molecule is OC(c1ccccc1)(c1ccc(Cl)cc1Cl)C(c1ccccc1)(c1ccccc1)n1cnnc1. The fraction of sp³-hybridized carbons (Fsp3) is 0.0714. The molecule has 1 unspecified atom stereocenters. The number of aliphatic hydroxyl groups is 1. The van der Waals surface area contributed by atoms with E-state index in [0.29, 0.717) is 21.2 Å². The minimum atomic E-state index is -1.69. The van der Waals surface area contributed by atoms with Crippen LogP contribution < -0.4 is 0 Å². The summed E-state index contributed by atoms with van der Waals surface area (Å²) in [4.78, 5) is 0. The third-order valence-electron chi connectivity index (χ3n) is 6.23. The molecule has 168 valence electrons. The molecule has 1 N–H and O–H groups in total. The third kappa shape index (κ3) is 3.43. The molecule has 0 bridgehead atoms. The molecule has 0 aliphatic heterocycles. The summed E-state index contributed by atoms with van der Waals surface area (Å²) < 4.78 is 1.84. The lowest BCUT2D eigenvalue weighted by Crippen LogP contribution is -2.55. The van der Waals surface area contributed by atoms with E-state index in [1.165, 1.54) is 0 Å². The van der Waals surface area contributed by atoms with E-state index in [9.17, 15) is 5.11 Å². The molecule has 0 aliphatic rings. The second kappa shape index (κ2) is 9.07. The zero-order valence-corrected chi connectivity index (χ0v) is 19.6. The van der Waals surface area contributed by atoms with Crippen molar-refractivity contribution in [2.24, 2.45) is 0 Å². The quantitative estimate of drug-likeness (QED) is 0.306. The molecular formula is C28H21Cl2N3O. The lowest BCUT2D eigenvalue weighted by atomic mass is 9.63. The van der Waals surface area contributed by atoms with Gasteiger partial charge in [-0.3, -0.25) is 0 Å². The van der Waals surface area contributed by atoms with E-state index in [2.05, 4.69) is 10.2 Å². The van der Waals surface area contributed by atoms with Gasteiger partial charge in [-0.2, -0.15) is 0 Å². The van der Waals surface area contributed by atoms with Crippen molar-refractivity contribution >= 4 is 23.2 Å². The van der Waals surface area contributed by atoms with E-state index in [1.807, 2.05) is 95.6 Å². The lowest BCUT2D eigenvalue weighted by Gasteiger charge is -2.49. The van der Waals surface area contributed by atoms with Gasteiger partial charge >= 0.3 is 0 Å². The van der Waals surface area contributed by atoms with Gasteiger partial charge in [0, 0.05) is 15.6 Å². The fourth-order valence-corrected chi connectivity index (χ4v) is 5.37. The summed E-state index contributed by atoms with van der Waals surface area (Å²) in [5.41, 5.74) is -0.0951. The largest absolute Gasteiger partial charge is 0.377 e. The summed E-state index contributed by atoms with van der Waals surface area (Å²) in [7, 11) is 0. The Morgan fingerprint density at radius 2 is 1.09 bits per heavy atom. The predicted octanol–water partition coefficient (Wildman–Crippen LogP) is 6.31. The van der Waals surface area contributed by atoms with Crippen molar-refractivity contribution in [2.45, 2.75) is 11.1 Å². The molecular weight excluding hydrogens is 465 g/mol. The molecule has 0 aliphatic carbocycles. The maximum absolute atomic E-state index is 13.2. The van der Waals surface area contributed by atoms with Crippen molar-refractivity contribution in [3.63, 3.8) is 0 Å². The first-order chi connectivity index (χ1) is 16.6. The highest BCUT2D eigenvalue weighted by Gasteiger charge is 2.57. The maximum atomic E-state index is 13.2. The highest BCUT2D eigenvalue weighted by atomic mass is 35.5. The van der Waals surface area contributed by atoms with Crippen LogP contribution in [-0.4, -0.2) is 19.9 Å². The van der Waals surface area contributed by atoms with Crippen molar-refractivity contribution in [3.05, 3.63) is 154 Å². The Bertz CT molecular complexity index is 1340. The van der Waals surface area contributed by atoms with Crippen LogP contribution >= 0.6 is 23.2 Å². The Morgan fingerprint density at radius 1 is 0.618 bits per heavy atom. The number of rotatable bonds is 6. The lowest BCUT2D eigenvalue weighted by molar-refractivity contribution is -0.00435. The summed E-state index contributed by atoms with van der Waals surface area (Å²) in [6.07, 6.45) is 3.25. The molecule has 5 aromatic rings. The Morgan fingerprint density at radius 3 is 1.56 bits per heavy atom. The molecule has 0 spiro atoms. The van der Waals surface area contributed by atoms with Gasteiger partial charge in [-0.05, 0) is 28.8 Å². The Balaban J connectivity index is 2.01. The van der Waals surface area contributed by atoms with Crippen molar-refractivity contribution in [1.82, 2.24) is 14.8 Å². The molecule has 34 heavy (non-hydrogen) atoms. The van der Waals surface area contributed by atoms with Gasteiger partial charge in [0.2, 0.25) is 0 Å². The zero-order valence-electron chi connectivity index (χ0n) is 18.1. The number of nitrogens with zero attached hydrogens (tertiary/aromatic N) is 3. The Kier molecular flexibility index (Phi) is 5.96. The zero-order chi connectivity index (χ0) is 23.6. The van der Waals surface area contributed by atoms with Crippen LogP contribution in [-0.2, 0) is 11.1 Å². The molecule has 0 radical (unpaired) electrons. The highest BCUT2D eigenvalue weighted by Crippen LogP contribution is 2.53. The van der Waals surface area contributed by atoms with Gasteiger partial charge < -0.3 is 9.67 Å². The molecule has 6 heteroatoms. The fourth-order valence-electron chi connectivity index (χ4n) is 4.82. The van der Waals surface area contributed by atoms with E-state index in [-0.39, 0.29) is 0 Å². The highest BCUT2D eigenvalue weighted by molar-refractivity contribution is 6.35. The number of hydrogen-bond donors (Lipinski definition) is 1. The third-order valence-corrected chi connectivity index (χ3v) is 6.77. The van der Waals surface area contributed by atoms with Crippen LogP contribution in [0.25, 0.3) is 0 Å². The van der Waals surface area contributed by atoms with E-state index in [1.54, 1.807) is 30.9 Å². The first-order valence-corrected chi connectivity index (χ1v) is 11.5. The molecule has 4 nitrogen and oxygen atoms in total. The van der Waals surface area contributed by atoms with Crippen molar-refractivity contribution in [1.29, 1.82) is 0 Å². The van der Waals surface area contributed by atoms with Gasteiger partial charge in [-0.25, -0.2) is 0 Å². The summed E-state index contributed by atoms with van der Waals surface area (Å²) in [5.74, 6) is 0. The number of hydrogen-bond acceptors (Lipinski definition) is 3. The molecule has 1 heterocycles. The normalized spacial score (nSPS) is 13.4. The smallest absolute Gasteiger partial charge is 0.148 e. The second-order valence-electron chi connectivity index (χ2n) is 8.01. The van der Waals surface area contributed by atoms with Crippen molar-refractivity contribution in [3.8, 4) is 0 Å². The van der Waals surface area contributed by atoms with E-state index in [0.717, 1.165) is 11.1 Å². The van der Waals surface area contributed by atoms with Crippen molar-refractivity contribution < 1.29 is 5.11 Å². The average molecular weight is 486 g/mol. The summed E-state index contributed by atoms with van der Waals surface area (Å²) in [5, 5.41) is 22.3. The summed E-state index contributed by atoms with van der Waals surface area (Å²) in [6, 6.07) is 34.3. The van der Waals surface area contributed by atoms with Crippen LogP contribution in [0.1, 0.15) is 22.3 Å². The van der Waals surface area contributed by atoms with E-state index < -0.39 is 11.1 Å². The molecule has 0 fully saturated rings. The molecule has 5 rings (SSSR count). The van der Waals surface area contributed by atoms with Crippen LogP contribution in [0, 0.1) is 0 Å². The topological polar surface area (TPSA) is 50.9 Å². The van der Waals surface area contributed by atoms with Gasteiger partial charge in [0.05, 0.1) is 0 Å². The standard InChI is InChI=1S/C28H21Cl2N3O/c29-24-16-17-25(26(30)18-24)28(34,23-14-8-3-9-15-23)27(33-19-31-32-20-33,21-10-4-1-5-11-21)22-12-6-2-7-13-22/h1-20,34H. The first-order valence-electron chi connectivity index (χ1n) is 10.8. The van der Waals surface area contributed by atoms with Crippen LogP contribution in [0.2, 0.25) is 10.0 Å². The first kappa shape index (κ1) is 22.4. The van der Waals surface area contributed by atoms with Crippen LogP contribution in [0.4, 0.5) is 0 Å². The van der Waals surface area contributed by atoms with E-state index >= 15 is 0 Å². The minimum absolute atomic E-state index is 0.350. The molecule has 0 amide bonds. The second-order valence-corrected chi connectivity index (χ2v) is 8.86. The molecule has 4 aromatic carbocycles. The predicted molar refractivity (Wildman–Crippen MR) is 135 cm³/mol. The average Bonchev–Trinajstić information content (AvgIpc) is 3.41. The van der Waals surface area contributed by atoms with Gasteiger partial charge in [0.1, 0.15) is 23.8 Å². The molecule has 0 saturated heterocycles. The van der Waals surface area contributed by atoms with Gasteiger partial charge in [-0.1, -0.05) is 120 Å². The monoisotopic (exact) mass is 485 g/mol. The van der Waals surface area contributed by atoms with Crippen LogP contribution in [0.15, 0.2) is 122 Å². The molecule has 0 saturated carbocycles. The number of aromatic nitrogens is 3. The van der Waals surface area contributed by atoms with E-state index in [4.69, 9.17) is 23.2 Å². The molecule has 1 atom stereocenters. The van der Waals surface area contributed by atoms with Crippen LogP contribution in [0.5, 0.6) is 0 Å². The number of benzene rings is 4. The minimum Gasteiger partial charge on any atom is -0.377 e. The Labute approximate surface area is 208 Å². The van der Waals surface area contributed by atoms with Gasteiger partial charge in [-0.15, -0.1) is 10.2 Å². The van der Waals surface area contributed by atoms with Crippen molar-refractivity contribution in [2.75, 3.05) is 0 Å². The summed E-state index contributed by atoms with van der Waals surface area (Å²) >= 11 is 13.1. The van der Waals surface area contributed by atoms with Gasteiger partial charge in [0.15, 0.2) is 0 Å².